The van der Waals surface area contributed by atoms with Crippen molar-refractivity contribution in [3.63, 3.8) is 0 Å². The first-order valence-corrected chi connectivity index (χ1v) is 14.7. The van der Waals surface area contributed by atoms with Gasteiger partial charge in [0.2, 0.25) is 0 Å². The van der Waals surface area contributed by atoms with Crippen LogP contribution in [-0.4, -0.2) is 4.57 Å². The molecule has 3 nitrogen and oxygen atoms in total. The van der Waals surface area contributed by atoms with E-state index >= 15 is 0 Å². The topological polar surface area (TPSA) is 13.7 Å². The molecule has 43 heavy (non-hydrogen) atoms. The van der Waals surface area contributed by atoms with Gasteiger partial charge in [-0.25, -0.2) is 9.69 Å². The van der Waals surface area contributed by atoms with Gasteiger partial charge in [0.25, 0.3) is 0 Å². The second kappa shape index (κ2) is 10.3. The molecule has 0 spiro atoms. The lowest BCUT2D eigenvalue weighted by Crippen LogP contribution is -2.10. The van der Waals surface area contributed by atoms with Crippen LogP contribution >= 0.6 is 0 Å². The van der Waals surface area contributed by atoms with Crippen molar-refractivity contribution in [2.75, 3.05) is 0 Å². The van der Waals surface area contributed by atoms with E-state index in [2.05, 4.69) is 135 Å². The lowest BCUT2D eigenvalue weighted by molar-refractivity contribution is 0.590. The molecular formula is C40H35N3. The zero-order valence-corrected chi connectivity index (χ0v) is 25.7. The van der Waals surface area contributed by atoms with E-state index in [1.54, 1.807) is 18.2 Å². The number of fused-ring (bicyclic) bond motifs is 3. The molecular weight excluding hydrogens is 522 g/mol. The molecule has 0 atom stereocenters. The van der Waals surface area contributed by atoms with E-state index < -0.39 is 0 Å². The van der Waals surface area contributed by atoms with E-state index in [4.69, 9.17) is 13.1 Å². The number of hydrogen-bond donors (Lipinski definition) is 0. The lowest BCUT2D eigenvalue weighted by Gasteiger charge is -2.20. The maximum Gasteiger partial charge on any atom is 0.184 e. The quantitative estimate of drug-likeness (QED) is 0.192. The summed E-state index contributed by atoms with van der Waals surface area (Å²) < 4.78 is 2.38. The molecule has 6 aromatic rings. The van der Waals surface area contributed by atoms with E-state index in [0.29, 0.717) is 16.9 Å². The van der Waals surface area contributed by atoms with Crippen molar-refractivity contribution in [2.24, 2.45) is 0 Å². The fourth-order valence-corrected chi connectivity index (χ4v) is 5.96. The largest absolute Gasteiger partial charge is 0.309 e. The van der Waals surface area contributed by atoms with Gasteiger partial charge in [0, 0.05) is 16.3 Å². The molecule has 210 valence electrons. The van der Waals surface area contributed by atoms with Crippen LogP contribution in [0.3, 0.4) is 0 Å². The van der Waals surface area contributed by atoms with Gasteiger partial charge in [-0.05, 0) is 75.0 Å². The summed E-state index contributed by atoms with van der Waals surface area (Å²) in [4.78, 5) is 7.54. The van der Waals surface area contributed by atoms with E-state index in [0.717, 1.165) is 33.4 Å². The predicted octanol–water partition coefficient (Wildman–Crippen LogP) is 11.8. The van der Waals surface area contributed by atoms with Crippen LogP contribution in [0.1, 0.15) is 52.7 Å². The van der Waals surface area contributed by atoms with E-state index in [9.17, 15) is 0 Å². The molecule has 0 aliphatic carbocycles. The van der Waals surface area contributed by atoms with E-state index in [1.165, 1.54) is 21.9 Å². The molecule has 1 aromatic heterocycles. The Morgan fingerprint density at radius 2 is 1.07 bits per heavy atom. The maximum absolute atomic E-state index is 7.80. The molecule has 0 radical (unpaired) electrons. The van der Waals surface area contributed by atoms with Crippen LogP contribution in [0.25, 0.3) is 59.4 Å². The Labute approximate surface area is 254 Å². The van der Waals surface area contributed by atoms with Crippen molar-refractivity contribution in [3.05, 3.63) is 137 Å². The third-order valence-electron chi connectivity index (χ3n) is 8.37. The highest BCUT2D eigenvalue weighted by Crippen LogP contribution is 2.44. The van der Waals surface area contributed by atoms with E-state index in [-0.39, 0.29) is 10.8 Å². The van der Waals surface area contributed by atoms with Crippen molar-refractivity contribution in [3.8, 4) is 27.9 Å². The van der Waals surface area contributed by atoms with Crippen LogP contribution in [0.15, 0.2) is 103 Å². The maximum atomic E-state index is 7.80. The van der Waals surface area contributed by atoms with Crippen LogP contribution in [0.2, 0.25) is 0 Å². The Balaban J connectivity index is 1.72. The summed E-state index contributed by atoms with van der Waals surface area (Å²) in [5.41, 5.74) is 10.7. The molecule has 0 saturated heterocycles. The molecule has 0 fully saturated rings. The third-order valence-corrected chi connectivity index (χ3v) is 8.37. The molecule has 0 N–H and O–H groups in total. The Hall–Kier alpha value is -5.12. The fraction of sp³-hybridized carbons (Fsp3) is 0.200. The fourth-order valence-electron chi connectivity index (χ4n) is 5.96. The van der Waals surface area contributed by atoms with Crippen LogP contribution < -0.4 is 0 Å². The molecule has 0 saturated carbocycles. The number of hydrogen-bond acceptors (Lipinski definition) is 0. The predicted molar refractivity (Wildman–Crippen MR) is 182 cm³/mol. The minimum Gasteiger partial charge on any atom is -0.309 e. The number of rotatable bonds is 3. The van der Waals surface area contributed by atoms with Crippen LogP contribution in [-0.2, 0) is 10.8 Å². The SMILES string of the molecule is [C-]#[N+]c1cccc([N+]#[C-])c1-c1ccc(-n2c3ccc(C(C)(C)C)cc3c3cc(C(C)(C)C)ccc32)c(-c2ccccc2)c1. The van der Waals surface area contributed by atoms with Gasteiger partial charge in [-0.1, -0.05) is 108 Å². The Morgan fingerprint density at radius 3 is 1.56 bits per heavy atom. The molecule has 0 unspecified atom stereocenters. The van der Waals surface area contributed by atoms with Crippen LogP contribution in [0, 0.1) is 13.1 Å². The van der Waals surface area contributed by atoms with E-state index in [1.807, 2.05) is 6.07 Å². The molecule has 1 heterocycles. The summed E-state index contributed by atoms with van der Waals surface area (Å²) in [7, 11) is 0. The first kappa shape index (κ1) is 28.0. The molecule has 6 rings (SSSR count). The standard InChI is InChI=1S/C40H35N3/c1-39(2,3)28-18-21-36-31(24-28)32-25-29(40(4,5)6)19-22-37(32)43(36)35-20-17-27(23-30(35)26-13-10-9-11-14-26)38-33(41-7)15-12-16-34(38)42-8/h9-25H,1-6H3. The first-order valence-electron chi connectivity index (χ1n) is 14.7. The number of aromatic nitrogens is 1. The molecule has 5 aromatic carbocycles. The second-order valence-electron chi connectivity index (χ2n) is 13.3. The van der Waals surface area contributed by atoms with Crippen molar-refractivity contribution < 1.29 is 0 Å². The molecule has 0 amide bonds. The Morgan fingerprint density at radius 1 is 0.535 bits per heavy atom. The zero-order chi connectivity index (χ0) is 30.5. The van der Waals surface area contributed by atoms with Gasteiger partial charge in [-0.3, -0.25) is 0 Å². The minimum atomic E-state index is 0.0258. The van der Waals surface area contributed by atoms with Crippen molar-refractivity contribution in [1.82, 2.24) is 4.57 Å². The van der Waals surface area contributed by atoms with Crippen molar-refractivity contribution in [2.45, 2.75) is 52.4 Å². The minimum absolute atomic E-state index is 0.0258. The molecule has 0 bridgehead atoms. The van der Waals surface area contributed by atoms with Gasteiger partial charge in [-0.2, -0.15) is 0 Å². The van der Waals surface area contributed by atoms with Gasteiger partial charge < -0.3 is 4.57 Å². The Bertz CT molecular complexity index is 2000. The Kier molecular flexibility index (Phi) is 6.71. The van der Waals surface area contributed by atoms with Gasteiger partial charge in [0.1, 0.15) is 0 Å². The highest BCUT2D eigenvalue weighted by molar-refractivity contribution is 6.10. The van der Waals surface area contributed by atoms with Gasteiger partial charge in [0.15, 0.2) is 11.4 Å². The average molecular weight is 558 g/mol. The highest BCUT2D eigenvalue weighted by atomic mass is 15.0. The second-order valence-corrected chi connectivity index (χ2v) is 13.3. The smallest absolute Gasteiger partial charge is 0.184 e. The third kappa shape index (κ3) is 4.88. The summed E-state index contributed by atoms with van der Waals surface area (Å²) in [6.07, 6.45) is 0. The molecule has 3 heteroatoms. The van der Waals surface area contributed by atoms with Gasteiger partial charge in [0.05, 0.1) is 29.9 Å². The average Bonchev–Trinajstić information content (AvgIpc) is 3.33. The molecule has 0 aliphatic heterocycles. The number of nitrogens with zero attached hydrogens (tertiary/aromatic N) is 3. The van der Waals surface area contributed by atoms with Crippen LogP contribution in [0.4, 0.5) is 11.4 Å². The van der Waals surface area contributed by atoms with Gasteiger partial charge >= 0.3 is 0 Å². The van der Waals surface area contributed by atoms with Crippen LogP contribution in [0.5, 0.6) is 0 Å². The zero-order valence-electron chi connectivity index (χ0n) is 25.7. The van der Waals surface area contributed by atoms with Crippen molar-refractivity contribution in [1.29, 1.82) is 0 Å². The summed E-state index contributed by atoms with van der Waals surface area (Å²) in [6.45, 7) is 29.2. The van der Waals surface area contributed by atoms with Gasteiger partial charge in [-0.15, -0.1) is 0 Å². The normalized spacial score (nSPS) is 11.9. The summed E-state index contributed by atoms with van der Waals surface area (Å²) in [6, 6.07) is 35.9. The monoisotopic (exact) mass is 557 g/mol. The van der Waals surface area contributed by atoms with Crippen molar-refractivity contribution >= 4 is 33.2 Å². The lowest BCUT2D eigenvalue weighted by atomic mass is 9.85. The summed E-state index contributed by atoms with van der Waals surface area (Å²) >= 11 is 0. The summed E-state index contributed by atoms with van der Waals surface area (Å²) in [5.74, 6) is 0. The highest BCUT2D eigenvalue weighted by Gasteiger charge is 2.22. The molecule has 0 aliphatic rings. The first-order chi connectivity index (χ1) is 20.5. The number of benzene rings is 5. The summed E-state index contributed by atoms with van der Waals surface area (Å²) in [5, 5.41) is 2.48.